The van der Waals surface area contributed by atoms with Crippen molar-refractivity contribution in [2.75, 3.05) is 24.7 Å². The van der Waals surface area contributed by atoms with E-state index < -0.39 is 17.8 Å². The third-order valence-corrected chi connectivity index (χ3v) is 7.62. The summed E-state index contributed by atoms with van der Waals surface area (Å²) < 4.78 is 35.7. The van der Waals surface area contributed by atoms with Crippen LogP contribution in [0.3, 0.4) is 0 Å². The molecule has 1 unspecified atom stereocenters. The Morgan fingerprint density at radius 2 is 1.49 bits per heavy atom. The zero-order valence-corrected chi connectivity index (χ0v) is 24.2. The third-order valence-electron chi connectivity index (χ3n) is 6.79. The molecule has 1 aromatic heterocycles. The van der Waals surface area contributed by atoms with Gasteiger partial charge in [-0.1, -0.05) is 30.0 Å². The second kappa shape index (κ2) is 12.2. The maximum absolute atomic E-state index is 14.1. The first-order valence-electron chi connectivity index (χ1n) is 13.4. The lowest BCUT2D eigenvalue weighted by molar-refractivity contribution is -0.137. The van der Waals surface area contributed by atoms with Crippen LogP contribution in [0.5, 0.6) is 23.0 Å². The highest BCUT2D eigenvalue weighted by Crippen LogP contribution is 2.38. The fraction of sp³-hybridized carbons (Fsp3) is 0.226. The van der Waals surface area contributed by atoms with Gasteiger partial charge in [0.15, 0.2) is 28.2 Å². The second-order valence-corrected chi connectivity index (χ2v) is 10.9. The van der Waals surface area contributed by atoms with Crippen LogP contribution in [0, 0.1) is 19.7 Å². The third kappa shape index (κ3) is 6.49. The monoisotopic (exact) mass is 602 g/mol. The Labute approximate surface area is 251 Å². The predicted octanol–water partition coefficient (Wildman–Crippen LogP) is 5.19. The molecule has 220 valence electrons. The van der Waals surface area contributed by atoms with Crippen molar-refractivity contribution in [3.05, 3.63) is 95.1 Å². The normalized spacial score (nSPS) is 13.5. The van der Waals surface area contributed by atoms with E-state index in [1.807, 2.05) is 19.9 Å². The van der Waals surface area contributed by atoms with Gasteiger partial charge in [-0.2, -0.15) is 0 Å². The van der Waals surface area contributed by atoms with Crippen LogP contribution in [-0.2, 0) is 16.1 Å². The summed E-state index contributed by atoms with van der Waals surface area (Å²) >= 11 is 1.18. The molecule has 0 bridgehead atoms. The molecular formula is C31H27FN4O6S. The molecule has 12 heteroatoms. The summed E-state index contributed by atoms with van der Waals surface area (Å²) in [7, 11) is 0. The molecule has 0 saturated carbocycles. The van der Waals surface area contributed by atoms with Crippen LogP contribution in [0.25, 0.3) is 0 Å². The highest BCUT2D eigenvalue weighted by atomic mass is 32.2. The van der Waals surface area contributed by atoms with Crippen molar-refractivity contribution in [3.63, 3.8) is 0 Å². The quantitative estimate of drug-likeness (QED) is 0.204. The average molecular weight is 603 g/mol. The van der Waals surface area contributed by atoms with Gasteiger partial charge in [0.1, 0.15) is 11.9 Å². The lowest BCUT2D eigenvalue weighted by Gasteiger charge is -2.31. The topological polar surface area (TPSA) is 112 Å². The molecular weight excluding hydrogens is 575 g/mol. The van der Waals surface area contributed by atoms with Crippen LogP contribution in [-0.4, -0.2) is 46.0 Å². The molecule has 2 aliphatic rings. The Bertz CT molecular complexity index is 1670. The van der Waals surface area contributed by atoms with E-state index in [1.54, 1.807) is 48.5 Å². The number of benzene rings is 3. The van der Waals surface area contributed by atoms with E-state index in [4.69, 9.17) is 18.9 Å². The molecule has 43 heavy (non-hydrogen) atoms. The number of halogens is 1. The number of aryl methyl sites for hydroxylation is 2. The summed E-state index contributed by atoms with van der Waals surface area (Å²) in [6, 6.07) is 16.7. The van der Waals surface area contributed by atoms with Gasteiger partial charge in [0, 0.05) is 29.7 Å². The highest BCUT2D eigenvalue weighted by molar-refractivity contribution is 7.99. The average Bonchev–Trinajstić information content (AvgIpc) is 3.65. The van der Waals surface area contributed by atoms with Crippen LogP contribution in [0.4, 0.5) is 10.1 Å². The maximum Gasteiger partial charge on any atom is 0.251 e. The molecule has 0 aliphatic carbocycles. The number of amides is 2. The van der Waals surface area contributed by atoms with Crippen LogP contribution < -0.4 is 24.3 Å². The molecule has 3 aromatic carbocycles. The lowest BCUT2D eigenvalue weighted by atomic mass is 10.0. The number of carbonyl (C=O) groups excluding carboxylic acids is 2. The zero-order chi connectivity index (χ0) is 29.9. The van der Waals surface area contributed by atoms with Crippen molar-refractivity contribution in [3.8, 4) is 23.0 Å². The van der Waals surface area contributed by atoms with E-state index in [0.29, 0.717) is 45.0 Å². The van der Waals surface area contributed by atoms with Crippen molar-refractivity contribution in [1.29, 1.82) is 0 Å². The van der Waals surface area contributed by atoms with Crippen LogP contribution >= 0.6 is 11.8 Å². The summed E-state index contributed by atoms with van der Waals surface area (Å²) in [6.07, 6.45) is 0. The number of hydrogen-bond donors (Lipinski definition) is 1. The van der Waals surface area contributed by atoms with Crippen LogP contribution in [0.1, 0.15) is 28.6 Å². The smallest absolute Gasteiger partial charge is 0.251 e. The number of thioether (sulfide) groups is 1. The minimum Gasteiger partial charge on any atom is -0.454 e. The van der Waals surface area contributed by atoms with Gasteiger partial charge >= 0.3 is 0 Å². The molecule has 0 fully saturated rings. The van der Waals surface area contributed by atoms with Gasteiger partial charge < -0.3 is 29.2 Å². The van der Waals surface area contributed by atoms with Gasteiger partial charge in [-0.25, -0.2) is 14.4 Å². The van der Waals surface area contributed by atoms with E-state index in [-0.39, 0.29) is 31.8 Å². The molecule has 1 N–H and O–H groups in total. The van der Waals surface area contributed by atoms with Crippen molar-refractivity contribution < 1.29 is 32.9 Å². The fourth-order valence-corrected chi connectivity index (χ4v) is 5.65. The molecule has 0 spiro atoms. The molecule has 6 rings (SSSR count). The summed E-state index contributed by atoms with van der Waals surface area (Å²) in [5.41, 5.74) is 3.18. The number of rotatable bonds is 9. The first kappa shape index (κ1) is 28.3. The van der Waals surface area contributed by atoms with E-state index >= 15 is 0 Å². The molecule has 3 heterocycles. The summed E-state index contributed by atoms with van der Waals surface area (Å²) in [5, 5.41) is 3.38. The first-order valence-corrected chi connectivity index (χ1v) is 14.4. The number of fused-ring (bicyclic) bond motifs is 2. The first-order chi connectivity index (χ1) is 20.8. The number of nitrogens with one attached hydrogen (secondary N) is 1. The van der Waals surface area contributed by atoms with Crippen molar-refractivity contribution in [2.45, 2.75) is 31.6 Å². The Kier molecular flexibility index (Phi) is 8.01. The van der Waals surface area contributed by atoms with Crippen LogP contribution in [0.15, 0.2) is 71.9 Å². The minimum atomic E-state index is -1.10. The predicted molar refractivity (Wildman–Crippen MR) is 156 cm³/mol. The van der Waals surface area contributed by atoms with E-state index in [9.17, 15) is 14.0 Å². The molecule has 0 radical (unpaired) electrons. The minimum absolute atomic E-state index is 0.0288. The second-order valence-electron chi connectivity index (χ2n) is 9.94. The molecule has 10 nitrogen and oxygen atoms in total. The highest BCUT2D eigenvalue weighted by Gasteiger charge is 2.33. The van der Waals surface area contributed by atoms with Crippen LogP contribution in [0.2, 0.25) is 0 Å². The Hall–Kier alpha value is -4.84. The maximum atomic E-state index is 14.1. The number of carbonyl (C=O) groups is 2. The number of ether oxygens (including phenoxy) is 4. The molecule has 1 atom stereocenters. The molecule has 4 aromatic rings. The summed E-state index contributed by atoms with van der Waals surface area (Å²) in [5.74, 6) is 0.815. The lowest BCUT2D eigenvalue weighted by Crippen LogP contribution is -2.41. The van der Waals surface area contributed by atoms with Crippen molar-refractivity contribution in [1.82, 2.24) is 14.9 Å². The van der Waals surface area contributed by atoms with Gasteiger partial charge in [-0.05, 0) is 67.4 Å². The molecule has 0 saturated heterocycles. The standard InChI is InChI=1S/C31H27FN4O6S/c1-18-11-19(2)34-31(33-18)43-15-28(37)36(14-20-3-6-22(32)7-4-20)29(21-5-9-24-26(12-21)41-16-39-24)30(38)35-23-8-10-25-27(13-23)42-17-40-25/h3-13,29H,14-17H2,1-2H3,(H,35,38). The summed E-state index contributed by atoms with van der Waals surface area (Å²) in [4.78, 5) is 38.5. The Morgan fingerprint density at radius 3 is 2.19 bits per heavy atom. The van der Waals surface area contributed by atoms with Gasteiger partial charge in [-0.15, -0.1) is 0 Å². The fourth-order valence-electron chi connectivity index (χ4n) is 4.82. The number of aromatic nitrogens is 2. The molecule has 2 amide bonds. The van der Waals surface area contributed by atoms with E-state index in [1.165, 1.54) is 28.8 Å². The Morgan fingerprint density at radius 1 is 0.860 bits per heavy atom. The van der Waals surface area contributed by atoms with Gasteiger partial charge in [0.25, 0.3) is 5.91 Å². The van der Waals surface area contributed by atoms with Gasteiger partial charge in [-0.3, -0.25) is 9.59 Å². The van der Waals surface area contributed by atoms with Gasteiger partial charge in [0.2, 0.25) is 19.5 Å². The van der Waals surface area contributed by atoms with Gasteiger partial charge in [0.05, 0.1) is 5.75 Å². The zero-order valence-electron chi connectivity index (χ0n) is 23.3. The molecule has 2 aliphatic heterocycles. The van der Waals surface area contributed by atoms with E-state index in [2.05, 4.69) is 15.3 Å². The summed E-state index contributed by atoms with van der Waals surface area (Å²) in [6.45, 7) is 3.89. The SMILES string of the molecule is Cc1cc(C)nc(SCC(=O)N(Cc2ccc(F)cc2)C(C(=O)Nc2ccc3c(c2)OCO3)c2ccc3c(c2)OCO3)n1. The number of hydrogen-bond acceptors (Lipinski definition) is 9. The van der Waals surface area contributed by atoms with Crippen molar-refractivity contribution in [2.24, 2.45) is 0 Å². The Balaban J connectivity index is 1.36. The van der Waals surface area contributed by atoms with Crippen molar-refractivity contribution >= 4 is 29.3 Å². The number of nitrogens with zero attached hydrogens (tertiary/aromatic N) is 3. The number of anilines is 1. The largest absolute Gasteiger partial charge is 0.454 e. The van der Waals surface area contributed by atoms with E-state index in [0.717, 1.165) is 11.4 Å².